The van der Waals surface area contributed by atoms with E-state index in [2.05, 4.69) is 52.8 Å². The van der Waals surface area contributed by atoms with Crippen molar-refractivity contribution in [1.82, 2.24) is 5.32 Å². The molecule has 3 unspecified atom stereocenters. The average Bonchev–Trinajstić information content (AvgIpc) is 2.82. The summed E-state index contributed by atoms with van der Waals surface area (Å²) >= 11 is 5.47. The molecule has 1 aliphatic rings. The van der Waals surface area contributed by atoms with Crippen molar-refractivity contribution in [2.24, 2.45) is 5.92 Å². The van der Waals surface area contributed by atoms with Crippen LogP contribution in [0.15, 0.2) is 15.2 Å². The number of thiophene rings is 1. The van der Waals surface area contributed by atoms with Gasteiger partial charge in [-0.05, 0) is 59.1 Å². The third kappa shape index (κ3) is 3.46. The van der Waals surface area contributed by atoms with Crippen LogP contribution < -0.4 is 5.32 Å². The van der Waals surface area contributed by atoms with E-state index in [9.17, 15) is 0 Å². The molecule has 1 N–H and O–H groups in total. The van der Waals surface area contributed by atoms with Gasteiger partial charge in [0, 0.05) is 16.5 Å². The summed E-state index contributed by atoms with van der Waals surface area (Å²) in [5.41, 5.74) is 1.31. The highest BCUT2D eigenvalue weighted by Gasteiger charge is 2.43. The van der Waals surface area contributed by atoms with Gasteiger partial charge in [0.2, 0.25) is 0 Å². The lowest BCUT2D eigenvalue weighted by Gasteiger charge is -2.45. The van der Waals surface area contributed by atoms with Gasteiger partial charge in [-0.3, -0.25) is 0 Å². The molecule has 1 aliphatic carbocycles. The van der Waals surface area contributed by atoms with Gasteiger partial charge in [-0.25, -0.2) is 0 Å². The van der Waals surface area contributed by atoms with Crippen molar-refractivity contribution in [3.05, 3.63) is 20.8 Å². The molecular formula is C16H26BrNOS. The van der Waals surface area contributed by atoms with E-state index < -0.39 is 0 Å². The van der Waals surface area contributed by atoms with Gasteiger partial charge in [0.15, 0.2) is 0 Å². The number of hydrogen-bond acceptors (Lipinski definition) is 3. The van der Waals surface area contributed by atoms with Gasteiger partial charge in [-0.1, -0.05) is 26.7 Å². The lowest BCUT2D eigenvalue weighted by molar-refractivity contribution is -0.101. The fraction of sp³-hybridized carbons (Fsp3) is 0.750. The first-order valence-corrected chi connectivity index (χ1v) is 9.45. The fourth-order valence-electron chi connectivity index (χ4n) is 3.59. The van der Waals surface area contributed by atoms with E-state index in [1.54, 1.807) is 11.3 Å². The first-order chi connectivity index (χ1) is 9.63. The van der Waals surface area contributed by atoms with Gasteiger partial charge in [-0.15, -0.1) is 0 Å². The van der Waals surface area contributed by atoms with E-state index in [-0.39, 0.29) is 11.6 Å². The van der Waals surface area contributed by atoms with Gasteiger partial charge in [0.1, 0.15) is 0 Å². The Labute approximate surface area is 135 Å². The largest absolute Gasteiger partial charge is 0.373 e. The minimum absolute atomic E-state index is 0.0496. The molecule has 1 fully saturated rings. The standard InChI is InChI=1S/C16H26BrNOS/c1-4-18-15(13-10-20-11-14(13)17)16(19-5-2)8-6-7-12(3)9-16/h10-12,15,18H,4-9H2,1-3H3. The summed E-state index contributed by atoms with van der Waals surface area (Å²) in [5.74, 6) is 0.744. The molecule has 0 saturated heterocycles. The van der Waals surface area contributed by atoms with Crippen LogP contribution in [0.5, 0.6) is 0 Å². The Balaban J connectivity index is 2.34. The summed E-state index contributed by atoms with van der Waals surface area (Å²) in [6.45, 7) is 8.41. The predicted molar refractivity (Wildman–Crippen MR) is 90.4 cm³/mol. The number of hydrogen-bond donors (Lipinski definition) is 1. The third-order valence-electron chi connectivity index (χ3n) is 4.31. The maximum absolute atomic E-state index is 6.36. The first-order valence-electron chi connectivity index (χ1n) is 7.72. The van der Waals surface area contributed by atoms with Crippen LogP contribution in [0.1, 0.15) is 58.1 Å². The van der Waals surface area contributed by atoms with Gasteiger partial charge >= 0.3 is 0 Å². The van der Waals surface area contributed by atoms with Crippen LogP contribution in [0.2, 0.25) is 0 Å². The highest BCUT2D eigenvalue weighted by Crippen LogP contribution is 2.45. The molecule has 1 aromatic rings. The van der Waals surface area contributed by atoms with Gasteiger partial charge in [0.05, 0.1) is 11.6 Å². The molecule has 2 rings (SSSR count). The Kier molecular flexibility index (Phi) is 6.09. The summed E-state index contributed by atoms with van der Waals surface area (Å²) in [7, 11) is 0. The molecule has 4 heteroatoms. The Morgan fingerprint density at radius 1 is 1.50 bits per heavy atom. The van der Waals surface area contributed by atoms with E-state index in [0.717, 1.165) is 31.9 Å². The van der Waals surface area contributed by atoms with Gasteiger partial charge in [-0.2, -0.15) is 11.3 Å². The average molecular weight is 360 g/mol. The molecule has 2 nitrogen and oxygen atoms in total. The molecule has 0 bridgehead atoms. The molecule has 0 spiro atoms. The van der Waals surface area contributed by atoms with E-state index in [1.165, 1.54) is 22.9 Å². The second-order valence-electron chi connectivity index (χ2n) is 5.87. The molecule has 1 aromatic heterocycles. The molecular weight excluding hydrogens is 334 g/mol. The Bertz CT molecular complexity index is 418. The predicted octanol–water partition coefficient (Wildman–Crippen LogP) is 5.15. The molecule has 0 aliphatic heterocycles. The number of halogens is 1. The molecule has 114 valence electrons. The SMILES string of the molecule is CCNC(c1cscc1Br)C1(OCC)CCCC(C)C1. The van der Waals surface area contributed by atoms with Crippen molar-refractivity contribution in [3.8, 4) is 0 Å². The minimum Gasteiger partial charge on any atom is -0.373 e. The number of likely N-dealkylation sites (N-methyl/N-ethyl adjacent to an activating group) is 1. The van der Waals surface area contributed by atoms with E-state index in [1.807, 2.05) is 0 Å². The molecule has 1 heterocycles. The number of nitrogens with one attached hydrogen (secondary N) is 1. The Morgan fingerprint density at radius 3 is 2.85 bits per heavy atom. The van der Waals surface area contributed by atoms with Crippen molar-refractivity contribution in [2.75, 3.05) is 13.2 Å². The van der Waals surface area contributed by atoms with Crippen LogP contribution in [0.4, 0.5) is 0 Å². The summed E-state index contributed by atoms with van der Waals surface area (Å²) in [4.78, 5) is 0. The lowest BCUT2D eigenvalue weighted by atomic mass is 9.73. The summed E-state index contributed by atoms with van der Waals surface area (Å²) in [6, 6.07) is 0.288. The second kappa shape index (κ2) is 7.39. The zero-order valence-electron chi connectivity index (χ0n) is 12.7. The summed E-state index contributed by atoms with van der Waals surface area (Å²) in [6.07, 6.45) is 4.91. The van der Waals surface area contributed by atoms with Crippen LogP contribution in [0.3, 0.4) is 0 Å². The van der Waals surface area contributed by atoms with Gasteiger partial charge in [0.25, 0.3) is 0 Å². The molecule has 0 aromatic carbocycles. The molecule has 3 atom stereocenters. The normalized spacial score (nSPS) is 28.5. The Morgan fingerprint density at radius 2 is 2.30 bits per heavy atom. The first kappa shape index (κ1) is 16.5. The zero-order chi connectivity index (χ0) is 14.6. The molecule has 1 saturated carbocycles. The van der Waals surface area contributed by atoms with Crippen LogP contribution in [-0.2, 0) is 4.74 Å². The van der Waals surface area contributed by atoms with Crippen LogP contribution in [0, 0.1) is 5.92 Å². The smallest absolute Gasteiger partial charge is 0.0879 e. The van der Waals surface area contributed by atoms with Gasteiger partial charge < -0.3 is 10.1 Å². The quantitative estimate of drug-likeness (QED) is 0.758. The van der Waals surface area contributed by atoms with Crippen LogP contribution >= 0.6 is 27.3 Å². The van der Waals surface area contributed by atoms with E-state index >= 15 is 0 Å². The maximum Gasteiger partial charge on any atom is 0.0879 e. The van der Waals surface area contributed by atoms with Crippen molar-refractivity contribution in [2.45, 2.75) is 58.1 Å². The highest BCUT2D eigenvalue weighted by atomic mass is 79.9. The van der Waals surface area contributed by atoms with Crippen molar-refractivity contribution in [3.63, 3.8) is 0 Å². The monoisotopic (exact) mass is 359 g/mol. The van der Waals surface area contributed by atoms with Crippen molar-refractivity contribution >= 4 is 27.3 Å². The topological polar surface area (TPSA) is 21.3 Å². The summed E-state index contributed by atoms with van der Waals surface area (Å²) < 4.78 is 7.57. The summed E-state index contributed by atoms with van der Waals surface area (Å²) in [5, 5.41) is 8.13. The van der Waals surface area contributed by atoms with Crippen molar-refractivity contribution in [1.29, 1.82) is 0 Å². The second-order valence-corrected chi connectivity index (χ2v) is 7.46. The van der Waals surface area contributed by atoms with E-state index in [4.69, 9.17) is 4.74 Å². The molecule has 0 radical (unpaired) electrons. The van der Waals surface area contributed by atoms with Crippen LogP contribution in [-0.4, -0.2) is 18.8 Å². The van der Waals surface area contributed by atoms with Crippen molar-refractivity contribution < 1.29 is 4.74 Å². The minimum atomic E-state index is -0.0496. The van der Waals surface area contributed by atoms with Crippen LogP contribution in [0.25, 0.3) is 0 Å². The highest BCUT2D eigenvalue weighted by molar-refractivity contribution is 9.10. The van der Waals surface area contributed by atoms with E-state index in [0.29, 0.717) is 0 Å². The number of ether oxygens (including phenoxy) is 1. The zero-order valence-corrected chi connectivity index (χ0v) is 15.1. The molecule has 20 heavy (non-hydrogen) atoms. The maximum atomic E-state index is 6.36. The third-order valence-corrected chi connectivity index (χ3v) is 6.06. The lowest BCUT2D eigenvalue weighted by Crippen LogP contribution is -2.49. The number of rotatable bonds is 6. The molecule has 0 amide bonds. The Hall–Kier alpha value is 0.1000. The fourth-order valence-corrected chi connectivity index (χ4v) is 5.14.